The minimum absolute atomic E-state index is 0.0241. The van der Waals surface area contributed by atoms with Gasteiger partial charge in [-0.2, -0.15) is 0 Å². The molecule has 0 amide bonds. The van der Waals surface area contributed by atoms with Crippen LogP contribution in [0.15, 0.2) is 29.1 Å². The molecule has 0 saturated carbocycles. The number of rotatable bonds is 4. The van der Waals surface area contributed by atoms with Gasteiger partial charge in [0.2, 0.25) is 5.89 Å². The fraction of sp³-hybridized carbons (Fsp3) is 0.154. The monoisotopic (exact) mass is 341 g/mol. The fourth-order valence-corrected chi connectivity index (χ4v) is 2.53. The molecule has 0 unspecified atom stereocenters. The van der Waals surface area contributed by atoms with Crippen molar-refractivity contribution < 1.29 is 17.8 Å². The number of hydrogen-bond acceptors (Lipinski definition) is 6. The summed E-state index contributed by atoms with van der Waals surface area (Å²) in [6.45, 7) is 1.94. The van der Waals surface area contributed by atoms with Gasteiger partial charge in [-0.15, -0.1) is 3.89 Å². The molecule has 6 nitrogen and oxygen atoms in total. The third-order valence-electron chi connectivity index (χ3n) is 2.91. The molecule has 0 fully saturated rings. The Labute approximate surface area is 133 Å². The van der Waals surface area contributed by atoms with E-state index in [4.69, 9.17) is 20.8 Å². The Morgan fingerprint density at radius 3 is 3.14 bits per heavy atom. The van der Waals surface area contributed by atoms with Crippen molar-refractivity contribution in [3.8, 4) is 11.5 Å². The molecule has 3 heterocycles. The molecule has 0 saturated heterocycles. The lowest BCUT2D eigenvalue weighted by molar-refractivity contribution is 0.0519. The zero-order valence-corrected chi connectivity index (χ0v) is 12.8. The molecule has 0 aliphatic carbocycles. The van der Waals surface area contributed by atoms with Crippen LogP contribution in [0.2, 0.25) is 5.02 Å². The van der Waals surface area contributed by atoms with E-state index >= 15 is 0 Å². The second-order valence-corrected chi connectivity index (χ2v) is 5.10. The van der Waals surface area contributed by atoms with E-state index in [-0.39, 0.29) is 30.5 Å². The lowest BCUT2D eigenvalue weighted by Gasteiger charge is -2.01. The molecule has 9 heteroatoms. The van der Waals surface area contributed by atoms with E-state index in [1.807, 2.05) is 0 Å². The summed E-state index contributed by atoms with van der Waals surface area (Å²) in [7, 11) is 0. The fourth-order valence-electron chi connectivity index (χ4n) is 1.93. The van der Waals surface area contributed by atoms with Crippen LogP contribution in [-0.2, 0) is 4.74 Å². The number of oxazole rings is 1. The number of fused-ring (bicyclic) bond motifs is 1. The molecule has 22 heavy (non-hydrogen) atoms. The van der Waals surface area contributed by atoms with Crippen molar-refractivity contribution in [2.75, 3.05) is 6.61 Å². The Balaban J connectivity index is 2.03. The Hall–Kier alpha value is -2.06. The number of carbonyl (C=O) groups excluding carboxylic acids is 1. The van der Waals surface area contributed by atoms with Crippen molar-refractivity contribution in [3.05, 3.63) is 35.4 Å². The highest BCUT2D eigenvalue weighted by Crippen LogP contribution is 2.34. The summed E-state index contributed by atoms with van der Waals surface area (Å²) >= 11 is 6.32. The van der Waals surface area contributed by atoms with Gasteiger partial charge in [0.1, 0.15) is 6.26 Å². The summed E-state index contributed by atoms with van der Waals surface area (Å²) in [5, 5.41) is 0.871. The highest BCUT2D eigenvalue weighted by molar-refractivity contribution is 7.92. The Kier molecular flexibility index (Phi) is 4.04. The topological polar surface area (TPSA) is 70.2 Å². The molecule has 0 aliphatic heterocycles. The van der Waals surface area contributed by atoms with E-state index in [0.29, 0.717) is 21.6 Å². The number of hydrogen-bond donors (Lipinski definition) is 0. The van der Waals surface area contributed by atoms with Crippen molar-refractivity contribution in [3.63, 3.8) is 0 Å². The number of halogens is 2. The molecule has 3 rings (SSSR count). The molecule has 0 bridgehead atoms. The molecule has 114 valence electrons. The summed E-state index contributed by atoms with van der Waals surface area (Å²) in [4.78, 5) is 19.8. The van der Waals surface area contributed by atoms with Crippen LogP contribution in [0, 0.1) is 0 Å². The third-order valence-corrected chi connectivity index (χ3v) is 3.76. The van der Waals surface area contributed by atoms with Crippen LogP contribution in [0.4, 0.5) is 3.89 Å². The molecule has 0 atom stereocenters. The van der Waals surface area contributed by atoms with Gasteiger partial charge in [-0.25, -0.2) is 18.7 Å². The molecule has 3 aromatic heterocycles. The van der Waals surface area contributed by atoms with Gasteiger partial charge < -0.3 is 9.15 Å². The third kappa shape index (κ3) is 2.44. The van der Waals surface area contributed by atoms with Crippen LogP contribution in [0.5, 0.6) is 0 Å². The van der Waals surface area contributed by atoms with Crippen molar-refractivity contribution in [2.45, 2.75) is 6.92 Å². The SMILES string of the molecule is CCOC(=O)c1coc(-c2cnc3c(ccn3SF)c2Cl)n1. The second-order valence-electron chi connectivity index (χ2n) is 4.19. The van der Waals surface area contributed by atoms with Gasteiger partial charge in [0.05, 0.1) is 17.2 Å². The molecule has 0 radical (unpaired) electrons. The Morgan fingerprint density at radius 2 is 2.41 bits per heavy atom. The maximum atomic E-state index is 12.7. The van der Waals surface area contributed by atoms with Crippen LogP contribution in [0.3, 0.4) is 0 Å². The molecule has 0 aromatic carbocycles. The van der Waals surface area contributed by atoms with E-state index in [2.05, 4.69) is 9.97 Å². The Morgan fingerprint density at radius 1 is 1.59 bits per heavy atom. The van der Waals surface area contributed by atoms with Crippen LogP contribution < -0.4 is 0 Å². The lowest BCUT2D eigenvalue weighted by Crippen LogP contribution is -2.04. The highest BCUT2D eigenvalue weighted by atomic mass is 35.5. The predicted molar refractivity (Wildman–Crippen MR) is 80.3 cm³/mol. The zero-order chi connectivity index (χ0) is 15.7. The number of nitrogens with zero attached hydrogens (tertiary/aromatic N) is 3. The standard InChI is InChI=1S/C13H9ClFN3O3S/c1-2-20-13(19)9-6-21-12(17-9)8-5-16-11-7(10(8)14)3-4-18(11)22-15/h3-6H,2H2,1H3. The Bertz CT molecular complexity index is 848. The number of esters is 1. The summed E-state index contributed by atoms with van der Waals surface area (Å²) in [5.74, 6) is -0.439. The van der Waals surface area contributed by atoms with Crippen LogP contribution in [0.25, 0.3) is 22.5 Å². The largest absolute Gasteiger partial charge is 0.461 e. The molecule has 0 N–H and O–H groups in total. The summed E-state index contributed by atoms with van der Waals surface area (Å²) in [5.41, 5.74) is 0.842. The van der Waals surface area contributed by atoms with E-state index < -0.39 is 5.97 Å². The van der Waals surface area contributed by atoms with Crippen LogP contribution in [0.1, 0.15) is 17.4 Å². The van der Waals surface area contributed by atoms with Crippen molar-refractivity contribution in [1.82, 2.24) is 13.9 Å². The molecule has 0 spiro atoms. The van der Waals surface area contributed by atoms with Gasteiger partial charge in [0.25, 0.3) is 0 Å². The first-order valence-electron chi connectivity index (χ1n) is 6.23. The summed E-state index contributed by atoms with van der Waals surface area (Å²) in [6, 6.07) is 1.63. The first kappa shape index (κ1) is 14.9. The van der Waals surface area contributed by atoms with E-state index in [0.717, 1.165) is 0 Å². The van der Waals surface area contributed by atoms with Gasteiger partial charge in [0.15, 0.2) is 23.7 Å². The molecular formula is C13H9ClFN3O3S. The van der Waals surface area contributed by atoms with Gasteiger partial charge in [-0.3, -0.25) is 0 Å². The van der Waals surface area contributed by atoms with Crippen molar-refractivity contribution >= 4 is 40.9 Å². The summed E-state index contributed by atoms with van der Waals surface area (Å²) < 4.78 is 24.1. The van der Waals surface area contributed by atoms with Crippen LogP contribution >= 0.6 is 23.9 Å². The number of ether oxygens (including phenoxy) is 1. The average molecular weight is 342 g/mol. The van der Waals surface area contributed by atoms with Gasteiger partial charge in [0, 0.05) is 17.8 Å². The van der Waals surface area contributed by atoms with Gasteiger partial charge in [-0.05, 0) is 13.0 Å². The first-order chi connectivity index (χ1) is 10.7. The maximum Gasteiger partial charge on any atom is 0.360 e. The van der Waals surface area contributed by atoms with Crippen molar-refractivity contribution in [2.24, 2.45) is 0 Å². The van der Waals surface area contributed by atoms with Crippen molar-refractivity contribution in [1.29, 1.82) is 0 Å². The molecule has 0 aliphatic rings. The molecular weight excluding hydrogens is 333 g/mol. The number of aromatic nitrogens is 3. The quantitative estimate of drug-likeness (QED) is 0.670. The van der Waals surface area contributed by atoms with E-state index in [1.54, 1.807) is 13.0 Å². The van der Waals surface area contributed by atoms with E-state index in [9.17, 15) is 8.68 Å². The minimum atomic E-state index is -0.581. The molecule has 3 aromatic rings. The summed E-state index contributed by atoms with van der Waals surface area (Å²) in [6.07, 6.45) is 4.12. The highest BCUT2D eigenvalue weighted by Gasteiger charge is 2.19. The van der Waals surface area contributed by atoms with Crippen LogP contribution in [-0.4, -0.2) is 26.5 Å². The van der Waals surface area contributed by atoms with Gasteiger partial charge in [-0.1, -0.05) is 11.6 Å². The zero-order valence-electron chi connectivity index (χ0n) is 11.2. The average Bonchev–Trinajstić information content (AvgIpc) is 3.14. The normalized spacial score (nSPS) is 11.0. The predicted octanol–water partition coefficient (Wildman–Crippen LogP) is 3.90. The second kappa shape index (κ2) is 5.98. The maximum absolute atomic E-state index is 12.7. The van der Waals surface area contributed by atoms with Gasteiger partial charge >= 0.3 is 5.97 Å². The number of carbonyl (C=O) groups is 1. The lowest BCUT2D eigenvalue weighted by atomic mass is 10.2. The number of pyridine rings is 1. The minimum Gasteiger partial charge on any atom is -0.461 e. The first-order valence-corrected chi connectivity index (χ1v) is 7.28. The van der Waals surface area contributed by atoms with E-state index in [1.165, 1.54) is 22.6 Å². The smallest absolute Gasteiger partial charge is 0.360 e.